The third kappa shape index (κ3) is 3.56. The Labute approximate surface area is 191 Å². The van der Waals surface area contributed by atoms with E-state index in [4.69, 9.17) is 9.72 Å². The summed E-state index contributed by atoms with van der Waals surface area (Å²) in [5, 5.41) is 0. The monoisotopic (exact) mass is 450 g/mol. The Balaban J connectivity index is 1.67. The van der Waals surface area contributed by atoms with Gasteiger partial charge in [0.15, 0.2) is 11.2 Å². The van der Waals surface area contributed by atoms with E-state index in [1.807, 2.05) is 48.9 Å². The lowest BCUT2D eigenvalue weighted by molar-refractivity contribution is 0.218. The number of aromatic nitrogens is 5. The van der Waals surface area contributed by atoms with E-state index < -0.39 is 0 Å². The Morgan fingerprint density at radius 1 is 1.06 bits per heavy atom. The molecular formula is C24H30N6O3. The number of nitrogens with zero attached hydrogens (tertiary/aromatic N) is 6. The molecule has 0 bridgehead atoms. The lowest BCUT2D eigenvalue weighted by atomic mass is 10.1. The first-order valence-corrected chi connectivity index (χ1v) is 11.7. The SMILES string of the molecule is CCOc1ccccc1-n1c(C)cn2c3c(=O)n(CCN4CCCCC4)c(=O)n(C)c3nc12. The van der Waals surface area contributed by atoms with Gasteiger partial charge in [0.25, 0.3) is 5.56 Å². The van der Waals surface area contributed by atoms with Crippen molar-refractivity contribution in [3.8, 4) is 11.4 Å². The van der Waals surface area contributed by atoms with Gasteiger partial charge in [-0.3, -0.25) is 22.9 Å². The molecule has 1 aliphatic rings. The first-order chi connectivity index (χ1) is 16.0. The largest absolute Gasteiger partial charge is 0.492 e. The van der Waals surface area contributed by atoms with E-state index in [1.54, 1.807) is 11.4 Å². The second-order valence-electron chi connectivity index (χ2n) is 8.66. The van der Waals surface area contributed by atoms with Crippen LogP contribution in [-0.4, -0.2) is 54.2 Å². The van der Waals surface area contributed by atoms with E-state index in [0.717, 1.165) is 30.2 Å². The van der Waals surface area contributed by atoms with Crippen LogP contribution >= 0.6 is 0 Å². The van der Waals surface area contributed by atoms with Crippen molar-refractivity contribution in [2.75, 3.05) is 26.2 Å². The summed E-state index contributed by atoms with van der Waals surface area (Å²) in [5.41, 5.74) is 1.94. The Bertz CT molecular complexity index is 1430. The van der Waals surface area contributed by atoms with Crippen LogP contribution in [0.25, 0.3) is 22.6 Å². The van der Waals surface area contributed by atoms with E-state index in [1.165, 1.54) is 28.4 Å². The molecular weight excluding hydrogens is 420 g/mol. The van der Waals surface area contributed by atoms with Gasteiger partial charge >= 0.3 is 5.69 Å². The summed E-state index contributed by atoms with van der Waals surface area (Å²) in [6.07, 6.45) is 5.49. The second-order valence-corrected chi connectivity index (χ2v) is 8.66. The second kappa shape index (κ2) is 8.55. The minimum atomic E-state index is -0.330. The van der Waals surface area contributed by atoms with Crippen LogP contribution in [0, 0.1) is 6.92 Å². The number of hydrogen-bond donors (Lipinski definition) is 0. The van der Waals surface area contributed by atoms with Crippen molar-refractivity contribution in [2.45, 2.75) is 39.7 Å². The number of rotatable bonds is 6. The van der Waals surface area contributed by atoms with Crippen molar-refractivity contribution in [1.82, 2.24) is 28.0 Å². The fraction of sp³-hybridized carbons (Fsp3) is 0.458. The summed E-state index contributed by atoms with van der Waals surface area (Å²) < 4.78 is 12.4. The van der Waals surface area contributed by atoms with Crippen molar-refractivity contribution in [2.24, 2.45) is 7.05 Å². The molecule has 174 valence electrons. The van der Waals surface area contributed by atoms with Gasteiger partial charge in [-0.15, -0.1) is 0 Å². The van der Waals surface area contributed by atoms with Crippen LogP contribution in [0.3, 0.4) is 0 Å². The van der Waals surface area contributed by atoms with Crippen LogP contribution in [0.2, 0.25) is 0 Å². The molecule has 0 atom stereocenters. The Morgan fingerprint density at radius 2 is 1.82 bits per heavy atom. The molecule has 0 amide bonds. The van der Waals surface area contributed by atoms with Crippen LogP contribution in [0.15, 0.2) is 40.1 Å². The number of ether oxygens (including phenoxy) is 1. The summed E-state index contributed by atoms with van der Waals surface area (Å²) in [6.45, 7) is 7.58. The number of likely N-dealkylation sites (tertiary alicyclic amines) is 1. The maximum atomic E-state index is 13.5. The van der Waals surface area contributed by atoms with Gasteiger partial charge in [-0.25, -0.2) is 4.79 Å². The standard InChI is InChI=1S/C24H30N6O3/c1-4-33-19-11-7-6-10-18(19)30-17(2)16-29-20-21(25-23(29)30)26(3)24(32)28(22(20)31)15-14-27-12-8-5-9-13-27/h6-7,10-11,16H,4-5,8-9,12-15H2,1-3H3. The van der Waals surface area contributed by atoms with E-state index in [9.17, 15) is 9.59 Å². The maximum Gasteiger partial charge on any atom is 0.332 e. The van der Waals surface area contributed by atoms with Crippen LogP contribution < -0.4 is 16.0 Å². The molecule has 1 aliphatic heterocycles. The fourth-order valence-electron chi connectivity index (χ4n) is 4.85. The van der Waals surface area contributed by atoms with E-state index in [-0.39, 0.29) is 11.2 Å². The highest BCUT2D eigenvalue weighted by Crippen LogP contribution is 2.27. The smallest absolute Gasteiger partial charge is 0.332 e. The highest BCUT2D eigenvalue weighted by Gasteiger charge is 2.22. The quantitative estimate of drug-likeness (QED) is 0.451. The molecule has 3 aromatic heterocycles. The van der Waals surface area contributed by atoms with Crippen LogP contribution in [0.4, 0.5) is 0 Å². The van der Waals surface area contributed by atoms with E-state index in [2.05, 4.69) is 4.90 Å². The molecule has 4 aromatic rings. The third-order valence-corrected chi connectivity index (χ3v) is 6.52. The van der Waals surface area contributed by atoms with Crippen molar-refractivity contribution >= 4 is 16.9 Å². The lowest BCUT2D eigenvalue weighted by Crippen LogP contribution is -2.43. The van der Waals surface area contributed by atoms with Gasteiger partial charge in [0.05, 0.1) is 12.3 Å². The predicted molar refractivity (Wildman–Crippen MR) is 128 cm³/mol. The minimum Gasteiger partial charge on any atom is -0.492 e. The number of para-hydroxylation sites is 2. The molecule has 1 saturated heterocycles. The Morgan fingerprint density at radius 3 is 2.58 bits per heavy atom. The molecule has 1 fully saturated rings. The van der Waals surface area contributed by atoms with Gasteiger partial charge < -0.3 is 9.64 Å². The number of benzene rings is 1. The number of piperidine rings is 1. The highest BCUT2D eigenvalue weighted by molar-refractivity contribution is 5.76. The first-order valence-electron chi connectivity index (χ1n) is 11.7. The van der Waals surface area contributed by atoms with Crippen molar-refractivity contribution in [3.63, 3.8) is 0 Å². The molecule has 1 aromatic carbocycles. The van der Waals surface area contributed by atoms with E-state index >= 15 is 0 Å². The maximum absolute atomic E-state index is 13.5. The van der Waals surface area contributed by atoms with Crippen LogP contribution in [0.1, 0.15) is 31.9 Å². The molecule has 0 spiro atoms. The zero-order valence-corrected chi connectivity index (χ0v) is 19.5. The molecule has 5 rings (SSSR count). The zero-order valence-electron chi connectivity index (χ0n) is 19.5. The Hall–Kier alpha value is -3.33. The first kappa shape index (κ1) is 21.5. The molecule has 0 saturated carbocycles. The molecule has 0 unspecified atom stereocenters. The van der Waals surface area contributed by atoms with Crippen molar-refractivity contribution in [1.29, 1.82) is 0 Å². The topological polar surface area (TPSA) is 78.7 Å². The summed E-state index contributed by atoms with van der Waals surface area (Å²) in [7, 11) is 1.68. The zero-order chi connectivity index (χ0) is 23.1. The van der Waals surface area contributed by atoms with E-state index in [0.29, 0.717) is 36.6 Å². The van der Waals surface area contributed by atoms with Gasteiger partial charge in [-0.05, 0) is 51.9 Å². The number of imidazole rings is 2. The third-order valence-electron chi connectivity index (χ3n) is 6.52. The summed E-state index contributed by atoms with van der Waals surface area (Å²) in [6, 6.07) is 7.76. The van der Waals surface area contributed by atoms with Crippen molar-refractivity contribution < 1.29 is 4.74 Å². The molecule has 0 radical (unpaired) electrons. The molecule has 0 aliphatic carbocycles. The van der Waals surface area contributed by atoms with Crippen LogP contribution in [-0.2, 0) is 13.6 Å². The molecule has 9 nitrogen and oxygen atoms in total. The Kier molecular flexibility index (Phi) is 5.57. The number of aryl methyl sites for hydroxylation is 2. The number of hydrogen-bond acceptors (Lipinski definition) is 5. The van der Waals surface area contributed by atoms with Crippen LogP contribution in [0.5, 0.6) is 5.75 Å². The summed E-state index contributed by atoms with van der Waals surface area (Å²) in [5.74, 6) is 1.32. The molecule has 4 heterocycles. The number of fused-ring (bicyclic) bond motifs is 3. The molecule has 33 heavy (non-hydrogen) atoms. The fourth-order valence-corrected chi connectivity index (χ4v) is 4.85. The molecule has 9 heteroatoms. The summed E-state index contributed by atoms with van der Waals surface area (Å²) >= 11 is 0. The highest BCUT2D eigenvalue weighted by atomic mass is 16.5. The van der Waals surface area contributed by atoms with Gasteiger partial charge in [0.1, 0.15) is 5.75 Å². The average Bonchev–Trinajstić information content (AvgIpc) is 3.33. The average molecular weight is 451 g/mol. The van der Waals surface area contributed by atoms with Crippen molar-refractivity contribution in [3.05, 3.63) is 57.0 Å². The predicted octanol–water partition coefficient (Wildman–Crippen LogP) is 2.33. The van der Waals surface area contributed by atoms with Gasteiger partial charge in [-0.2, -0.15) is 4.98 Å². The lowest BCUT2D eigenvalue weighted by Gasteiger charge is -2.26. The summed E-state index contributed by atoms with van der Waals surface area (Å²) in [4.78, 5) is 33.6. The van der Waals surface area contributed by atoms with Gasteiger partial charge in [-0.1, -0.05) is 18.6 Å². The normalized spacial score (nSPS) is 15.0. The molecule has 0 N–H and O–H groups in total. The van der Waals surface area contributed by atoms with Gasteiger partial charge in [0.2, 0.25) is 5.78 Å². The van der Waals surface area contributed by atoms with Gasteiger partial charge in [0, 0.05) is 32.0 Å². The minimum absolute atomic E-state index is 0.298.